The summed E-state index contributed by atoms with van der Waals surface area (Å²) in [5, 5.41) is 0. The van der Waals surface area contributed by atoms with E-state index in [1.807, 2.05) is 6.92 Å². The zero-order valence-electron chi connectivity index (χ0n) is 11.1. The van der Waals surface area contributed by atoms with Crippen LogP contribution in [-0.2, 0) is 0 Å². The second kappa shape index (κ2) is 5.87. The van der Waals surface area contributed by atoms with E-state index in [0.717, 1.165) is 12.2 Å². The van der Waals surface area contributed by atoms with E-state index in [1.165, 1.54) is 6.26 Å². The average Bonchev–Trinajstić information content (AvgIpc) is 2.70. The predicted molar refractivity (Wildman–Crippen MR) is 67.8 cm³/mol. The highest BCUT2D eigenvalue weighted by Gasteiger charge is 2.15. The normalized spacial score (nSPS) is 12.8. The summed E-state index contributed by atoms with van der Waals surface area (Å²) in [5.41, 5.74) is 6.55. The number of rotatable bonds is 5. The third-order valence-electron chi connectivity index (χ3n) is 2.98. The number of carbonyl (C=O) groups excluding carboxylic acids is 1. The molecule has 0 aliphatic carbocycles. The van der Waals surface area contributed by atoms with Crippen LogP contribution in [0.25, 0.3) is 0 Å². The van der Waals surface area contributed by atoms with Crippen molar-refractivity contribution in [1.82, 2.24) is 4.90 Å². The second-order valence-corrected chi connectivity index (χ2v) is 4.87. The molecule has 0 aliphatic heterocycles. The summed E-state index contributed by atoms with van der Waals surface area (Å²) in [6.07, 6.45) is 2.31. The molecule has 0 saturated carbocycles. The van der Waals surface area contributed by atoms with Gasteiger partial charge < -0.3 is 15.1 Å². The summed E-state index contributed by atoms with van der Waals surface area (Å²) >= 11 is 0. The smallest absolute Gasteiger partial charge is 0.256 e. The lowest BCUT2D eigenvalue weighted by Gasteiger charge is -2.21. The highest BCUT2D eigenvalue weighted by atomic mass is 16.3. The van der Waals surface area contributed by atoms with Crippen molar-refractivity contribution in [2.75, 3.05) is 13.6 Å². The molecule has 0 radical (unpaired) electrons. The van der Waals surface area contributed by atoms with Gasteiger partial charge in [-0.3, -0.25) is 4.79 Å². The number of hydrogen-bond acceptors (Lipinski definition) is 3. The van der Waals surface area contributed by atoms with Gasteiger partial charge in [-0.15, -0.1) is 0 Å². The van der Waals surface area contributed by atoms with Crippen LogP contribution in [0.4, 0.5) is 0 Å². The average molecular weight is 238 g/mol. The third-order valence-corrected chi connectivity index (χ3v) is 2.98. The number of amides is 1. The number of carbonyl (C=O) groups is 1. The molecule has 1 unspecified atom stereocenters. The third kappa shape index (κ3) is 3.89. The molecule has 1 aromatic heterocycles. The lowest BCUT2D eigenvalue weighted by atomic mass is 10.0. The van der Waals surface area contributed by atoms with Crippen molar-refractivity contribution in [1.29, 1.82) is 0 Å². The van der Waals surface area contributed by atoms with Crippen molar-refractivity contribution in [3.8, 4) is 0 Å². The SMILES string of the molecule is Cc1cc(C(=O)N(C)CCC(N)C(C)C)co1. The second-order valence-electron chi connectivity index (χ2n) is 4.87. The first kappa shape index (κ1) is 13.8. The standard InChI is InChI=1S/C13H22N2O2/c1-9(2)12(14)5-6-15(4)13(16)11-7-10(3)17-8-11/h7-9,12H,5-6,14H2,1-4H3. The summed E-state index contributed by atoms with van der Waals surface area (Å²) in [6, 6.07) is 1.89. The van der Waals surface area contributed by atoms with Gasteiger partial charge in [0.05, 0.1) is 5.56 Å². The number of furan rings is 1. The van der Waals surface area contributed by atoms with Crippen LogP contribution in [0, 0.1) is 12.8 Å². The molecular weight excluding hydrogens is 216 g/mol. The Bertz CT molecular complexity index is 371. The maximum atomic E-state index is 12.0. The molecule has 17 heavy (non-hydrogen) atoms. The van der Waals surface area contributed by atoms with Crippen molar-refractivity contribution in [2.24, 2.45) is 11.7 Å². The number of aryl methyl sites for hydroxylation is 1. The minimum Gasteiger partial charge on any atom is -0.469 e. The molecule has 0 bridgehead atoms. The Labute approximate surface area is 103 Å². The Hall–Kier alpha value is -1.29. The minimum absolute atomic E-state index is 0.0159. The molecule has 1 amide bonds. The highest BCUT2D eigenvalue weighted by molar-refractivity contribution is 5.93. The van der Waals surface area contributed by atoms with E-state index in [0.29, 0.717) is 18.0 Å². The molecule has 2 N–H and O–H groups in total. The van der Waals surface area contributed by atoms with Gasteiger partial charge in [0.15, 0.2) is 0 Å². The van der Waals surface area contributed by atoms with E-state index in [1.54, 1.807) is 18.0 Å². The maximum absolute atomic E-state index is 12.0. The van der Waals surface area contributed by atoms with Crippen LogP contribution in [0.5, 0.6) is 0 Å². The molecular formula is C13H22N2O2. The fourth-order valence-corrected chi connectivity index (χ4v) is 1.55. The van der Waals surface area contributed by atoms with Crippen molar-refractivity contribution < 1.29 is 9.21 Å². The zero-order valence-corrected chi connectivity index (χ0v) is 11.1. The number of hydrogen-bond donors (Lipinski definition) is 1. The van der Waals surface area contributed by atoms with Crippen molar-refractivity contribution in [2.45, 2.75) is 33.2 Å². The molecule has 0 aliphatic rings. The Morgan fingerprint density at radius 2 is 2.18 bits per heavy atom. The molecule has 0 fully saturated rings. The van der Waals surface area contributed by atoms with Gasteiger partial charge in [0.25, 0.3) is 5.91 Å². The van der Waals surface area contributed by atoms with E-state index in [-0.39, 0.29) is 11.9 Å². The van der Waals surface area contributed by atoms with E-state index >= 15 is 0 Å². The molecule has 1 heterocycles. The lowest BCUT2D eigenvalue weighted by molar-refractivity contribution is 0.0788. The summed E-state index contributed by atoms with van der Waals surface area (Å²) in [5.74, 6) is 1.17. The fourth-order valence-electron chi connectivity index (χ4n) is 1.55. The van der Waals surface area contributed by atoms with Gasteiger partial charge in [0, 0.05) is 19.6 Å². The zero-order chi connectivity index (χ0) is 13.0. The fraction of sp³-hybridized carbons (Fsp3) is 0.615. The predicted octanol–water partition coefficient (Wildman–Crippen LogP) is 2.03. The Morgan fingerprint density at radius 1 is 1.53 bits per heavy atom. The van der Waals surface area contributed by atoms with Crippen LogP contribution in [0.15, 0.2) is 16.7 Å². The van der Waals surface area contributed by atoms with Crippen molar-refractivity contribution >= 4 is 5.91 Å². The van der Waals surface area contributed by atoms with Gasteiger partial charge in [-0.1, -0.05) is 13.8 Å². The Morgan fingerprint density at radius 3 is 2.65 bits per heavy atom. The molecule has 1 rings (SSSR count). The molecule has 0 aromatic carbocycles. The molecule has 4 heteroatoms. The largest absolute Gasteiger partial charge is 0.469 e. The lowest BCUT2D eigenvalue weighted by Crippen LogP contribution is -2.34. The molecule has 1 atom stereocenters. The monoisotopic (exact) mass is 238 g/mol. The van der Waals surface area contributed by atoms with Crippen LogP contribution in [0.3, 0.4) is 0 Å². The van der Waals surface area contributed by atoms with Gasteiger partial charge in [0.1, 0.15) is 12.0 Å². The van der Waals surface area contributed by atoms with Gasteiger partial charge >= 0.3 is 0 Å². The van der Waals surface area contributed by atoms with Crippen LogP contribution < -0.4 is 5.73 Å². The summed E-state index contributed by atoms with van der Waals surface area (Å²) in [4.78, 5) is 13.7. The number of nitrogens with zero attached hydrogens (tertiary/aromatic N) is 1. The Balaban J connectivity index is 2.48. The van der Waals surface area contributed by atoms with Crippen molar-refractivity contribution in [3.05, 3.63) is 23.7 Å². The molecule has 4 nitrogen and oxygen atoms in total. The maximum Gasteiger partial charge on any atom is 0.256 e. The first-order chi connectivity index (χ1) is 7.91. The van der Waals surface area contributed by atoms with E-state index < -0.39 is 0 Å². The molecule has 0 spiro atoms. The minimum atomic E-state index is -0.0159. The van der Waals surface area contributed by atoms with E-state index in [4.69, 9.17) is 10.2 Å². The summed E-state index contributed by atoms with van der Waals surface area (Å²) < 4.78 is 5.13. The first-order valence-corrected chi connectivity index (χ1v) is 5.98. The van der Waals surface area contributed by atoms with Gasteiger partial charge in [-0.05, 0) is 25.3 Å². The topological polar surface area (TPSA) is 59.5 Å². The molecule has 1 aromatic rings. The highest BCUT2D eigenvalue weighted by Crippen LogP contribution is 2.10. The van der Waals surface area contributed by atoms with Crippen LogP contribution >= 0.6 is 0 Å². The van der Waals surface area contributed by atoms with Crippen molar-refractivity contribution in [3.63, 3.8) is 0 Å². The van der Waals surface area contributed by atoms with Crippen LogP contribution in [0.1, 0.15) is 36.4 Å². The van der Waals surface area contributed by atoms with Gasteiger partial charge in [-0.25, -0.2) is 0 Å². The van der Waals surface area contributed by atoms with Crippen LogP contribution in [-0.4, -0.2) is 30.4 Å². The summed E-state index contributed by atoms with van der Waals surface area (Å²) in [7, 11) is 1.79. The Kier molecular flexibility index (Phi) is 4.75. The van der Waals surface area contributed by atoms with E-state index in [9.17, 15) is 4.79 Å². The van der Waals surface area contributed by atoms with Gasteiger partial charge in [-0.2, -0.15) is 0 Å². The quantitative estimate of drug-likeness (QED) is 0.854. The molecule has 0 saturated heterocycles. The first-order valence-electron chi connectivity index (χ1n) is 5.98. The number of nitrogens with two attached hydrogens (primary N) is 1. The van der Waals surface area contributed by atoms with Crippen LogP contribution in [0.2, 0.25) is 0 Å². The van der Waals surface area contributed by atoms with Gasteiger partial charge in [0.2, 0.25) is 0 Å². The summed E-state index contributed by atoms with van der Waals surface area (Å²) in [6.45, 7) is 6.67. The van der Waals surface area contributed by atoms with E-state index in [2.05, 4.69) is 13.8 Å². The molecule has 96 valence electrons.